The summed E-state index contributed by atoms with van der Waals surface area (Å²) >= 11 is 3.12. The smallest absolute Gasteiger partial charge is 0.334 e. The fraction of sp³-hybridized carbons (Fsp3) is 0.273. The number of halogens is 1. The zero-order valence-corrected chi connectivity index (χ0v) is 9.86. The molecule has 0 aliphatic rings. The van der Waals surface area contributed by atoms with Gasteiger partial charge in [-0.2, -0.15) is 0 Å². The van der Waals surface area contributed by atoms with Gasteiger partial charge in [-0.25, -0.2) is 4.79 Å². The number of ether oxygens (including phenoxy) is 1. The van der Waals surface area contributed by atoms with Gasteiger partial charge >= 0.3 is 5.97 Å². The maximum atomic E-state index is 11.6. The highest BCUT2D eigenvalue weighted by Gasteiger charge is 2.38. The van der Waals surface area contributed by atoms with Crippen molar-refractivity contribution in [3.05, 3.63) is 35.9 Å². The lowest BCUT2D eigenvalue weighted by Gasteiger charge is -2.18. The second-order valence-electron chi connectivity index (χ2n) is 2.92. The summed E-state index contributed by atoms with van der Waals surface area (Å²) in [5, 5.41) is 0. The van der Waals surface area contributed by atoms with Gasteiger partial charge in [-0.15, -0.1) is 0 Å². The van der Waals surface area contributed by atoms with Gasteiger partial charge in [0.25, 0.3) is 0 Å². The van der Waals surface area contributed by atoms with E-state index in [1.807, 2.05) is 6.07 Å². The summed E-state index contributed by atoms with van der Waals surface area (Å²) in [4.78, 5) is 22.6. The Kier molecular flexibility index (Phi) is 4.03. The van der Waals surface area contributed by atoms with E-state index in [0.717, 1.165) is 0 Å². The van der Waals surface area contributed by atoms with Gasteiger partial charge in [-0.1, -0.05) is 46.3 Å². The molecule has 0 radical (unpaired) electrons. The summed E-state index contributed by atoms with van der Waals surface area (Å²) < 4.78 is 3.45. The molecule has 0 spiro atoms. The van der Waals surface area contributed by atoms with E-state index in [4.69, 9.17) is 4.74 Å². The Morgan fingerprint density at radius 1 is 1.47 bits per heavy atom. The van der Waals surface area contributed by atoms with E-state index in [1.165, 1.54) is 0 Å². The number of rotatable bonds is 4. The van der Waals surface area contributed by atoms with Crippen molar-refractivity contribution in [3.63, 3.8) is 0 Å². The summed E-state index contributed by atoms with van der Waals surface area (Å²) in [5.41, 5.74) is 0.568. The van der Waals surface area contributed by atoms with Crippen LogP contribution in [0.25, 0.3) is 0 Å². The van der Waals surface area contributed by atoms with Crippen LogP contribution in [0, 0.1) is 0 Å². The SMILES string of the molecule is CCOC(=O)C(Br)(C=O)c1ccccc1. The third-order valence-electron chi connectivity index (χ3n) is 1.93. The number of aldehydes is 1. The van der Waals surface area contributed by atoms with Crippen LogP contribution in [0.5, 0.6) is 0 Å². The molecule has 0 heterocycles. The largest absolute Gasteiger partial charge is 0.464 e. The maximum absolute atomic E-state index is 11.6. The highest BCUT2D eigenvalue weighted by molar-refractivity contribution is 9.10. The van der Waals surface area contributed by atoms with Crippen LogP contribution in [0.3, 0.4) is 0 Å². The predicted molar refractivity (Wildman–Crippen MR) is 59.7 cm³/mol. The number of alkyl halides is 1. The Labute approximate surface area is 96.6 Å². The molecular weight excluding hydrogens is 260 g/mol. The first kappa shape index (κ1) is 11.9. The standard InChI is InChI=1S/C11H11BrO3/c1-2-15-10(14)11(12,8-13)9-6-4-3-5-7-9/h3-8H,2H2,1H3. The predicted octanol–water partition coefficient (Wildman–Crippen LogP) is 2.04. The normalized spacial score (nSPS) is 14.0. The summed E-state index contributed by atoms with van der Waals surface area (Å²) in [6, 6.07) is 8.72. The Morgan fingerprint density at radius 2 is 2.07 bits per heavy atom. The molecule has 15 heavy (non-hydrogen) atoms. The monoisotopic (exact) mass is 270 g/mol. The van der Waals surface area contributed by atoms with Crippen LogP contribution in [0.4, 0.5) is 0 Å². The van der Waals surface area contributed by atoms with E-state index in [1.54, 1.807) is 31.2 Å². The van der Waals surface area contributed by atoms with Crippen molar-refractivity contribution in [2.75, 3.05) is 6.61 Å². The highest BCUT2D eigenvalue weighted by Crippen LogP contribution is 2.30. The van der Waals surface area contributed by atoms with Crippen molar-refractivity contribution in [1.29, 1.82) is 0 Å². The molecule has 0 fully saturated rings. The Bertz CT molecular complexity index is 350. The van der Waals surface area contributed by atoms with Crippen molar-refractivity contribution in [2.24, 2.45) is 0 Å². The molecule has 1 rings (SSSR count). The first-order valence-electron chi connectivity index (χ1n) is 4.53. The summed E-state index contributed by atoms with van der Waals surface area (Å²) in [7, 11) is 0. The molecule has 1 unspecified atom stereocenters. The number of hydrogen-bond acceptors (Lipinski definition) is 3. The van der Waals surface area contributed by atoms with Gasteiger partial charge in [0.1, 0.15) is 0 Å². The van der Waals surface area contributed by atoms with Crippen molar-refractivity contribution >= 4 is 28.2 Å². The Hall–Kier alpha value is -1.16. The second-order valence-corrected chi connectivity index (χ2v) is 4.17. The Balaban J connectivity index is 3.05. The zero-order chi connectivity index (χ0) is 11.3. The molecule has 0 saturated carbocycles. The molecule has 4 heteroatoms. The van der Waals surface area contributed by atoms with Gasteiger partial charge in [0.15, 0.2) is 6.29 Å². The number of benzene rings is 1. The zero-order valence-electron chi connectivity index (χ0n) is 8.27. The second kappa shape index (κ2) is 5.07. The molecule has 1 aromatic carbocycles. The minimum atomic E-state index is -1.38. The Morgan fingerprint density at radius 3 is 2.53 bits per heavy atom. The lowest BCUT2D eigenvalue weighted by atomic mass is 10.0. The summed E-state index contributed by atoms with van der Waals surface area (Å²) in [6.45, 7) is 1.94. The molecule has 80 valence electrons. The van der Waals surface area contributed by atoms with E-state index in [0.29, 0.717) is 11.8 Å². The fourth-order valence-electron chi connectivity index (χ4n) is 1.15. The molecule has 0 aliphatic heterocycles. The van der Waals surface area contributed by atoms with Crippen LogP contribution >= 0.6 is 15.9 Å². The molecule has 3 nitrogen and oxygen atoms in total. The quantitative estimate of drug-likeness (QED) is 0.364. The highest BCUT2D eigenvalue weighted by atomic mass is 79.9. The molecule has 0 saturated heterocycles. The van der Waals surface area contributed by atoms with Crippen LogP contribution in [-0.4, -0.2) is 18.9 Å². The van der Waals surface area contributed by atoms with E-state index < -0.39 is 10.3 Å². The molecule has 0 aromatic heterocycles. The summed E-state index contributed by atoms with van der Waals surface area (Å²) in [5.74, 6) is -0.591. The van der Waals surface area contributed by atoms with Crippen LogP contribution in [0.2, 0.25) is 0 Å². The van der Waals surface area contributed by atoms with Gasteiger partial charge < -0.3 is 9.53 Å². The molecule has 0 N–H and O–H groups in total. The van der Waals surface area contributed by atoms with Gasteiger partial charge in [-0.3, -0.25) is 0 Å². The summed E-state index contributed by atoms with van der Waals surface area (Å²) in [6.07, 6.45) is 0.542. The van der Waals surface area contributed by atoms with E-state index in [2.05, 4.69) is 15.9 Å². The van der Waals surface area contributed by atoms with Gasteiger partial charge in [-0.05, 0) is 12.5 Å². The average molecular weight is 271 g/mol. The van der Waals surface area contributed by atoms with Crippen LogP contribution in [0.1, 0.15) is 12.5 Å². The minimum Gasteiger partial charge on any atom is -0.464 e. The van der Waals surface area contributed by atoms with Crippen molar-refractivity contribution in [2.45, 2.75) is 11.2 Å². The number of carbonyl (C=O) groups is 2. The fourth-order valence-corrected chi connectivity index (χ4v) is 1.53. The van der Waals surface area contributed by atoms with Gasteiger partial charge in [0.2, 0.25) is 4.32 Å². The maximum Gasteiger partial charge on any atom is 0.334 e. The van der Waals surface area contributed by atoms with Crippen LogP contribution in [0.15, 0.2) is 30.3 Å². The van der Waals surface area contributed by atoms with Crippen molar-refractivity contribution in [3.8, 4) is 0 Å². The number of hydrogen-bond donors (Lipinski definition) is 0. The molecule has 0 amide bonds. The lowest BCUT2D eigenvalue weighted by Crippen LogP contribution is -2.32. The number of carbonyl (C=O) groups excluding carboxylic acids is 2. The third kappa shape index (κ3) is 2.45. The van der Waals surface area contributed by atoms with Crippen molar-refractivity contribution in [1.82, 2.24) is 0 Å². The first-order valence-corrected chi connectivity index (χ1v) is 5.32. The van der Waals surface area contributed by atoms with E-state index in [9.17, 15) is 9.59 Å². The average Bonchev–Trinajstić information content (AvgIpc) is 2.29. The first-order chi connectivity index (χ1) is 7.15. The molecular formula is C11H11BrO3. The molecule has 0 bridgehead atoms. The van der Waals surface area contributed by atoms with Gasteiger partial charge in [0, 0.05) is 0 Å². The minimum absolute atomic E-state index is 0.243. The van der Waals surface area contributed by atoms with E-state index >= 15 is 0 Å². The van der Waals surface area contributed by atoms with Gasteiger partial charge in [0.05, 0.1) is 6.61 Å². The molecule has 0 aliphatic carbocycles. The number of esters is 1. The third-order valence-corrected chi connectivity index (χ3v) is 2.90. The van der Waals surface area contributed by atoms with Crippen molar-refractivity contribution < 1.29 is 14.3 Å². The molecule has 1 aromatic rings. The van der Waals surface area contributed by atoms with E-state index in [-0.39, 0.29) is 6.61 Å². The van der Waals surface area contributed by atoms with Crippen LogP contribution < -0.4 is 0 Å². The van der Waals surface area contributed by atoms with Crippen LogP contribution in [-0.2, 0) is 18.7 Å². The molecule has 1 atom stereocenters. The topological polar surface area (TPSA) is 43.4 Å². The lowest BCUT2D eigenvalue weighted by molar-refractivity contribution is -0.147.